The van der Waals surface area contributed by atoms with Crippen LogP contribution in [0.4, 0.5) is 0 Å². The summed E-state index contributed by atoms with van der Waals surface area (Å²) in [6.07, 6.45) is 1.63. The molecule has 1 aromatic carbocycles. The third kappa shape index (κ3) is 2.99. The first-order chi connectivity index (χ1) is 10.1. The van der Waals surface area contributed by atoms with Gasteiger partial charge in [0.2, 0.25) is 5.88 Å². The van der Waals surface area contributed by atoms with Crippen molar-refractivity contribution in [2.45, 2.75) is 26.3 Å². The van der Waals surface area contributed by atoms with Crippen LogP contribution in [-0.2, 0) is 6.54 Å². The largest absolute Gasteiger partial charge is 0.497 e. The molecule has 0 aliphatic rings. The second kappa shape index (κ2) is 6.30. The number of rotatable bonds is 5. The smallest absolute Gasteiger partial charge is 0.338 e. The highest BCUT2D eigenvalue weighted by Gasteiger charge is 2.12. The molecule has 0 aliphatic heterocycles. The SMILES string of the molecule is CCCCn1c(O)cc(=O)n(-c2ccc(OC)cc2)c1=O. The van der Waals surface area contributed by atoms with Gasteiger partial charge in [0.1, 0.15) is 5.75 Å². The normalized spacial score (nSPS) is 10.6. The van der Waals surface area contributed by atoms with Crippen molar-refractivity contribution in [1.82, 2.24) is 9.13 Å². The zero-order chi connectivity index (χ0) is 15.4. The molecule has 0 saturated carbocycles. The van der Waals surface area contributed by atoms with E-state index in [-0.39, 0.29) is 5.88 Å². The summed E-state index contributed by atoms with van der Waals surface area (Å²) in [5, 5.41) is 9.78. The van der Waals surface area contributed by atoms with Gasteiger partial charge in [-0.15, -0.1) is 0 Å². The Morgan fingerprint density at radius 1 is 1.19 bits per heavy atom. The lowest BCUT2D eigenvalue weighted by molar-refractivity contribution is 0.391. The average molecular weight is 290 g/mol. The molecule has 1 N–H and O–H groups in total. The zero-order valence-corrected chi connectivity index (χ0v) is 12.1. The summed E-state index contributed by atoms with van der Waals surface area (Å²) in [6.45, 7) is 2.36. The van der Waals surface area contributed by atoms with Crippen LogP contribution >= 0.6 is 0 Å². The number of hydrogen-bond acceptors (Lipinski definition) is 4. The van der Waals surface area contributed by atoms with E-state index in [1.54, 1.807) is 31.4 Å². The number of aromatic nitrogens is 2. The molecule has 0 saturated heterocycles. The number of unbranched alkanes of at least 4 members (excludes halogenated alkanes) is 1. The van der Waals surface area contributed by atoms with Crippen LogP contribution in [0.25, 0.3) is 5.69 Å². The molecule has 21 heavy (non-hydrogen) atoms. The van der Waals surface area contributed by atoms with Crippen LogP contribution in [0.2, 0.25) is 0 Å². The van der Waals surface area contributed by atoms with Gasteiger partial charge < -0.3 is 9.84 Å². The molecule has 0 unspecified atom stereocenters. The van der Waals surface area contributed by atoms with E-state index in [1.807, 2.05) is 6.92 Å². The number of hydrogen-bond donors (Lipinski definition) is 1. The zero-order valence-electron chi connectivity index (χ0n) is 12.1. The lowest BCUT2D eigenvalue weighted by Gasteiger charge is -2.11. The van der Waals surface area contributed by atoms with Gasteiger partial charge in [-0.3, -0.25) is 9.36 Å². The molecule has 0 fully saturated rings. The van der Waals surface area contributed by atoms with E-state index in [0.29, 0.717) is 18.0 Å². The fourth-order valence-electron chi connectivity index (χ4n) is 2.06. The van der Waals surface area contributed by atoms with E-state index in [2.05, 4.69) is 0 Å². The van der Waals surface area contributed by atoms with Crippen LogP contribution < -0.4 is 16.0 Å². The summed E-state index contributed by atoms with van der Waals surface area (Å²) < 4.78 is 7.29. The highest BCUT2D eigenvalue weighted by atomic mass is 16.5. The van der Waals surface area contributed by atoms with Gasteiger partial charge in [0, 0.05) is 6.54 Å². The molecule has 6 heteroatoms. The number of benzene rings is 1. The summed E-state index contributed by atoms with van der Waals surface area (Å²) in [4.78, 5) is 24.4. The number of methoxy groups -OCH3 is 1. The quantitative estimate of drug-likeness (QED) is 0.906. The van der Waals surface area contributed by atoms with Crippen LogP contribution in [-0.4, -0.2) is 21.4 Å². The molecule has 0 aliphatic carbocycles. The molecule has 0 bridgehead atoms. The van der Waals surface area contributed by atoms with Crippen LogP contribution in [0.5, 0.6) is 11.6 Å². The molecule has 0 atom stereocenters. The fraction of sp³-hybridized carbons (Fsp3) is 0.333. The van der Waals surface area contributed by atoms with Gasteiger partial charge in [0.15, 0.2) is 0 Å². The Morgan fingerprint density at radius 2 is 1.86 bits per heavy atom. The van der Waals surface area contributed by atoms with E-state index in [4.69, 9.17) is 4.74 Å². The highest BCUT2D eigenvalue weighted by molar-refractivity contribution is 5.37. The van der Waals surface area contributed by atoms with Gasteiger partial charge >= 0.3 is 5.69 Å². The minimum absolute atomic E-state index is 0.303. The molecule has 1 heterocycles. The number of nitrogens with zero attached hydrogens (tertiary/aromatic N) is 2. The second-order valence-corrected chi connectivity index (χ2v) is 4.66. The predicted molar refractivity (Wildman–Crippen MR) is 79.4 cm³/mol. The van der Waals surface area contributed by atoms with E-state index in [1.165, 1.54) is 4.57 Å². The molecule has 6 nitrogen and oxygen atoms in total. The van der Waals surface area contributed by atoms with Crippen LogP contribution in [0.3, 0.4) is 0 Å². The molecular formula is C15H18N2O4. The third-order valence-corrected chi connectivity index (χ3v) is 3.24. The minimum atomic E-state index is -0.560. The van der Waals surface area contributed by atoms with Crippen molar-refractivity contribution >= 4 is 0 Å². The topological polar surface area (TPSA) is 73.5 Å². The van der Waals surface area contributed by atoms with Gasteiger partial charge in [-0.25, -0.2) is 9.36 Å². The summed E-state index contributed by atoms with van der Waals surface area (Å²) in [7, 11) is 1.54. The molecule has 0 amide bonds. The Kier molecular flexibility index (Phi) is 4.47. The van der Waals surface area contributed by atoms with Gasteiger partial charge in [0.05, 0.1) is 18.9 Å². The van der Waals surface area contributed by atoms with Crippen molar-refractivity contribution in [3.63, 3.8) is 0 Å². The van der Waals surface area contributed by atoms with Crippen molar-refractivity contribution in [1.29, 1.82) is 0 Å². The number of aromatic hydroxyl groups is 1. The maximum absolute atomic E-state index is 12.4. The molecule has 1 aromatic heterocycles. The third-order valence-electron chi connectivity index (χ3n) is 3.24. The van der Waals surface area contributed by atoms with Gasteiger partial charge in [-0.1, -0.05) is 13.3 Å². The Balaban J connectivity index is 2.57. The lowest BCUT2D eigenvalue weighted by Crippen LogP contribution is -2.38. The van der Waals surface area contributed by atoms with Crippen LogP contribution in [0.15, 0.2) is 39.9 Å². The first kappa shape index (κ1) is 14.9. The predicted octanol–water partition coefficient (Wildman–Crippen LogP) is 1.51. The molecule has 2 aromatic rings. The first-order valence-corrected chi connectivity index (χ1v) is 6.78. The monoisotopic (exact) mass is 290 g/mol. The Bertz CT molecular complexity index is 729. The van der Waals surface area contributed by atoms with Crippen LogP contribution in [0, 0.1) is 0 Å². The second-order valence-electron chi connectivity index (χ2n) is 4.66. The summed E-state index contributed by atoms with van der Waals surface area (Å²) in [5.41, 5.74) is -0.662. The van der Waals surface area contributed by atoms with Crippen molar-refractivity contribution in [2.75, 3.05) is 7.11 Å². The van der Waals surface area contributed by atoms with E-state index >= 15 is 0 Å². The molecular weight excluding hydrogens is 272 g/mol. The number of ether oxygens (including phenoxy) is 1. The van der Waals surface area contributed by atoms with Gasteiger partial charge in [-0.2, -0.15) is 0 Å². The first-order valence-electron chi connectivity index (χ1n) is 6.78. The van der Waals surface area contributed by atoms with E-state index in [9.17, 15) is 14.7 Å². The van der Waals surface area contributed by atoms with Gasteiger partial charge in [0.25, 0.3) is 5.56 Å². The standard InChI is InChI=1S/C15H18N2O4/c1-3-4-9-16-13(18)10-14(19)17(15(16)20)11-5-7-12(21-2)8-6-11/h5-8,10,18H,3-4,9H2,1-2H3. The summed E-state index contributed by atoms with van der Waals surface area (Å²) >= 11 is 0. The maximum Gasteiger partial charge on any atom is 0.338 e. The van der Waals surface area contributed by atoms with Crippen molar-refractivity contribution in [3.8, 4) is 17.3 Å². The minimum Gasteiger partial charge on any atom is -0.497 e. The molecule has 112 valence electrons. The van der Waals surface area contributed by atoms with Crippen molar-refractivity contribution < 1.29 is 9.84 Å². The Morgan fingerprint density at radius 3 is 2.43 bits per heavy atom. The molecule has 0 spiro atoms. The average Bonchev–Trinajstić information content (AvgIpc) is 2.47. The van der Waals surface area contributed by atoms with Crippen LogP contribution in [0.1, 0.15) is 19.8 Å². The van der Waals surface area contributed by atoms with Gasteiger partial charge in [-0.05, 0) is 30.7 Å². The Hall–Kier alpha value is -2.50. The van der Waals surface area contributed by atoms with Crippen molar-refractivity contribution in [2.24, 2.45) is 0 Å². The highest BCUT2D eigenvalue weighted by Crippen LogP contribution is 2.13. The van der Waals surface area contributed by atoms with Crippen molar-refractivity contribution in [3.05, 3.63) is 51.2 Å². The van der Waals surface area contributed by atoms with E-state index in [0.717, 1.165) is 23.5 Å². The fourth-order valence-corrected chi connectivity index (χ4v) is 2.06. The maximum atomic E-state index is 12.4. The molecule has 2 rings (SSSR count). The van der Waals surface area contributed by atoms with E-state index < -0.39 is 11.2 Å². The molecule has 0 radical (unpaired) electrons. The Labute approximate surface area is 121 Å². The summed E-state index contributed by atoms with van der Waals surface area (Å²) in [6, 6.07) is 7.65. The lowest BCUT2D eigenvalue weighted by atomic mass is 10.3. The summed E-state index contributed by atoms with van der Waals surface area (Å²) in [5.74, 6) is 0.333.